The fourth-order valence-electron chi connectivity index (χ4n) is 2.37. The van der Waals surface area contributed by atoms with E-state index in [9.17, 15) is 4.79 Å². The van der Waals surface area contributed by atoms with Crippen molar-refractivity contribution in [3.8, 4) is 5.13 Å². The minimum Gasteiger partial charge on any atom is -0.294 e. The van der Waals surface area contributed by atoms with Crippen LogP contribution in [0.3, 0.4) is 0 Å². The Kier molecular flexibility index (Phi) is 2.36. The second kappa shape index (κ2) is 3.77. The predicted molar refractivity (Wildman–Crippen MR) is 66.0 cm³/mol. The first kappa shape index (κ1) is 10.7. The van der Waals surface area contributed by atoms with Crippen molar-refractivity contribution in [2.75, 3.05) is 0 Å². The van der Waals surface area contributed by atoms with Gasteiger partial charge in [-0.2, -0.15) is 0 Å². The molecule has 1 aliphatic rings. The van der Waals surface area contributed by atoms with Crippen molar-refractivity contribution in [2.45, 2.75) is 33.1 Å². The van der Waals surface area contributed by atoms with E-state index in [1.807, 2.05) is 19.9 Å². The molecule has 4 nitrogen and oxygen atoms in total. The molecule has 0 amide bonds. The second-order valence-corrected chi connectivity index (χ2v) is 5.52. The summed E-state index contributed by atoms with van der Waals surface area (Å²) in [6, 6.07) is 1.98. The van der Waals surface area contributed by atoms with Gasteiger partial charge in [0.2, 0.25) is 5.13 Å². The molecule has 2 heterocycles. The maximum atomic E-state index is 11.8. The highest BCUT2D eigenvalue weighted by atomic mass is 32.1. The van der Waals surface area contributed by atoms with E-state index >= 15 is 0 Å². The number of hydrogen-bond donors (Lipinski definition) is 0. The van der Waals surface area contributed by atoms with Gasteiger partial charge in [0, 0.05) is 23.4 Å². The molecular formula is C12H13N3OS. The number of ketones is 1. The highest BCUT2D eigenvalue weighted by molar-refractivity contribution is 7.13. The number of hydrogen-bond acceptors (Lipinski definition) is 4. The molecule has 0 spiro atoms. The summed E-state index contributed by atoms with van der Waals surface area (Å²) < 4.78 is 2.08. The first-order chi connectivity index (χ1) is 8.16. The minimum absolute atomic E-state index is 0.259. The summed E-state index contributed by atoms with van der Waals surface area (Å²) in [6.45, 7) is 3.96. The van der Waals surface area contributed by atoms with Gasteiger partial charge in [0.1, 0.15) is 5.01 Å². The fraction of sp³-hybridized carbons (Fsp3) is 0.417. The number of carbonyl (C=O) groups excluding carboxylic acids is 1. The molecule has 0 saturated heterocycles. The number of aryl methyl sites for hydroxylation is 2. The van der Waals surface area contributed by atoms with Crippen LogP contribution in [-0.2, 0) is 6.42 Å². The van der Waals surface area contributed by atoms with Crippen LogP contribution in [0.5, 0.6) is 0 Å². The minimum atomic E-state index is 0.259. The first-order valence-electron chi connectivity index (χ1n) is 5.71. The van der Waals surface area contributed by atoms with Crippen LogP contribution in [0.15, 0.2) is 6.07 Å². The Balaban J connectivity index is 2.20. The summed E-state index contributed by atoms with van der Waals surface area (Å²) >= 11 is 1.56. The maximum Gasteiger partial charge on any atom is 0.216 e. The molecule has 88 valence electrons. The molecule has 0 N–H and O–H groups in total. The molecule has 0 bridgehead atoms. The summed E-state index contributed by atoms with van der Waals surface area (Å²) in [5, 5.41) is 10.0. The van der Waals surface area contributed by atoms with E-state index in [-0.39, 0.29) is 5.78 Å². The van der Waals surface area contributed by atoms with E-state index in [1.54, 1.807) is 11.3 Å². The number of carbonyl (C=O) groups is 1. The standard InChI is InChI=1S/C12H13N3OS/c1-7-6-9-10(4-3-5-11(9)16)15(7)12-14-13-8(2)17-12/h6H,3-5H2,1-2H3. The molecular weight excluding hydrogens is 234 g/mol. The number of aromatic nitrogens is 3. The molecule has 0 atom stereocenters. The van der Waals surface area contributed by atoms with Crippen LogP contribution in [-0.4, -0.2) is 20.5 Å². The molecule has 0 fully saturated rings. The zero-order chi connectivity index (χ0) is 12.0. The Labute approximate surface area is 103 Å². The number of rotatable bonds is 1. The van der Waals surface area contributed by atoms with Crippen LogP contribution in [0.2, 0.25) is 0 Å². The quantitative estimate of drug-likeness (QED) is 0.777. The lowest BCUT2D eigenvalue weighted by atomic mass is 9.97. The second-order valence-electron chi connectivity index (χ2n) is 4.36. The van der Waals surface area contributed by atoms with Gasteiger partial charge in [-0.3, -0.25) is 9.36 Å². The SMILES string of the molecule is Cc1nnc(-n2c(C)cc3c2CCCC3=O)s1. The lowest BCUT2D eigenvalue weighted by Gasteiger charge is -2.13. The highest BCUT2D eigenvalue weighted by Crippen LogP contribution is 2.28. The highest BCUT2D eigenvalue weighted by Gasteiger charge is 2.24. The van der Waals surface area contributed by atoms with Gasteiger partial charge in [-0.05, 0) is 32.8 Å². The van der Waals surface area contributed by atoms with Crippen molar-refractivity contribution in [3.05, 3.63) is 28.0 Å². The fourth-order valence-corrected chi connectivity index (χ4v) is 3.14. The Hall–Kier alpha value is -1.49. The summed E-state index contributed by atoms with van der Waals surface area (Å²) in [6.07, 6.45) is 2.56. The molecule has 0 aliphatic heterocycles. The third-order valence-electron chi connectivity index (χ3n) is 3.11. The van der Waals surface area contributed by atoms with Crippen LogP contribution in [0.1, 0.15) is 39.6 Å². The molecule has 2 aromatic rings. The van der Waals surface area contributed by atoms with Gasteiger partial charge in [-0.1, -0.05) is 11.3 Å². The first-order valence-corrected chi connectivity index (χ1v) is 6.53. The average molecular weight is 247 g/mol. The van der Waals surface area contributed by atoms with Gasteiger partial charge in [0.15, 0.2) is 5.78 Å². The topological polar surface area (TPSA) is 47.8 Å². The number of nitrogens with zero attached hydrogens (tertiary/aromatic N) is 3. The van der Waals surface area contributed by atoms with Crippen LogP contribution in [0.4, 0.5) is 0 Å². The maximum absolute atomic E-state index is 11.8. The Bertz CT molecular complexity index is 597. The van der Waals surface area contributed by atoms with Crippen LogP contribution >= 0.6 is 11.3 Å². The Morgan fingerprint density at radius 1 is 1.29 bits per heavy atom. The lowest BCUT2D eigenvalue weighted by Crippen LogP contribution is -2.12. The predicted octanol–water partition coefficient (Wildman–Crippen LogP) is 2.46. The molecule has 0 unspecified atom stereocenters. The molecule has 17 heavy (non-hydrogen) atoms. The van der Waals surface area contributed by atoms with Gasteiger partial charge in [0.05, 0.1) is 0 Å². The summed E-state index contributed by atoms with van der Waals surface area (Å²) in [4.78, 5) is 11.8. The van der Waals surface area contributed by atoms with Crippen LogP contribution in [0.25, 0.3) is 5.13 Å². The van der Waals surface area contributed by atoms with Crippen molar-refractivity contribution < 1.29 is 4.79 Å². The van der Waals surface area contributed by atoms with Gasteiger partial charge < -0.3 is 0 Å². The van der Waals surface area contributed by atoms with Crippen LogP contribution in [0, 0.1) is 13.8 Å². The third-order valence-corrected chi connectivity index (χ3v) is 3.94. The van der Waals surface area contributed by atoms with Gasteiger partial charge in [-0.25, -0.2) is 0 Å². The number of fused-ring (bicyclic) bond motifs is 1. The third kappa shape index (κ3) is 1.61. The van der Waals surface area contributed by atoms with Gasteiger partial charge in [0.25, 0.3) is 0 Å². The monoisotopic (exact) mass is 247 g/mol. The van der Waals surface area contributed by atoms with Crippen molar-refractivity contribution >= 4 is 17.1 Å². The van der Waals surface area contributed by atoms with Crippen molar-refractivity contribution in [2.24, 2.45) is 0 Å². The van der Waals surface area contributed by atoms with Gasteiger partial charge in [-0.15, -0.1) is 10.2 Å². The smallest absolute Gasteiger partial charge is 0.216 e. The average Bonchev–Trinajstić information content (AvgIpc) is 2.82. The molecule has 3 rings (SSSR count). The van der Waals surface area contributed by atoms with Crippen molar-refractivity contribution in [1.29, 1.82) is 0 Å². The summed E-state index contributed by atoms with van der Waals surface area (Å²) in [5.41, 5.74) is 3.05. The van der Waals surface area contributed by atoms with E-state index in [2.05, 4.69) is 14.8 Å². The van der Waals surface area contributed by atoms with E-state index < -0.39 is 0 Å². The molecule has 1 aliphatic carbocycles. The van der Waals surface area contributed by atoms with E-state index in [4.69, 9.17) is 0 Å². The molecule has 2 aromatic heterocycles. The summed E-state index contributed by atoms with van der Waals surface area (Å²) in [7, 11) is 0. The molecule has 5 heteroatoms. The molecule has 0 aromatic carbocycles. The Morgan fingerprint density at radius 2 is 2.12 bits per heavy atom. The Morgan fingerprint density at radius 3 is 2.82 bits per heavy atom. The normalized spacial score (nSPS) is 15.1. The van der Waals surface area contributed by atoms with Crippen molar-refractivity contribution in [1.82, 2.24) is 14.8 Å². The number of Topliss-reactive ketones (excluding diaryl/α,β-unsaturated/α-hetero) is 1. The molecule has 0 radical (unpaired) electrons. The van der Waals surface area contributed by atoms with E-state index in [0.717, 1.165) is 39.9 Å². The largest absolute Gasteiger partial charge is 0.294 e. The van der Waals surface area contributed by atoms with E-state index in [1.165, 1.54) is 0 Å². The van der Waals surface area contributed by atoms with Gasteiger partial charge >= 0.3 is 0 Å². The molecule has 0 saturated carbocycles. The zero-order valence-electron chi connectivity index (χ0n) is 9.86. The summed E-state index contributed by atoms with van der Waals surface area (Å²) in [5.74, 6) is 0.259. The van der Waals surface area contributed by atoms with Crippen LogP contribution < -0.4 is 0 Å². The van der Waals surface area contributed by atoms with E-state index in [0.29, 0.717) is 6.42 Å². The zero-order valence-corrected chi connectivity index (χ0v) is 10.7. The van der Waals surface area contributed by atoms with Crippen molar-refractivity contribution in [3.63, 3.8) is 0 Å². The lowest BCUT2D eigenvalue weighted by molar-refractivity contribution is 0.0972.